The first-order valence-electron chi connectivity index (χ1n) is 4.93. The number of hydrogen-bond donors (Lipinski definition) is 0. The van der Waals surface area contributed by atoms with Crippen molar-refractivity contribution in [2.75, 3.05) is 5.88 Å². The van der Waals surface area contributed by atoms with E-state index in [1.807, 2.05) is 12.1 Å². The third-order valence-corrected chi connectivity index (χ3v) is 2.34. The van der Waals surface area contributed by atoms with Crippen LogP contribution in [0.3, 0.4) is 0 Å². The molecule has 0 fully saturated rings. The Labute approximate surface area is 89.2 Å². The molecule has 0 saturated heterocycles. The Morgan fingerprint density at radius 2 is 2.21 bits per heavy atom. The molecule has 14 heavy (non-hydrogen) atoms. The fourth-order valence-electron chi connectivity index (χ4n) is 1.26. The van der Waals surface area contributed by atoms with Crippen LogP contribution in [-0.4, -0.2) is 11.7 Å². The van der Waals surface area contributed by atoms with Gasteiger partial charge >= 0.3 is 0 Å². The molecule has 0 spiro atoms. The lowest BCUT2D eigenvalue weighted by Gasteiger charge is -1.98. The minimum atomic E-state index is 0.298. The summed E-state index contributed by atoms with van der Waals surface area (Å²) in [5, 5.41) is 0. The zero-order valence-electron chi connectivity index (χ0n) is 8.17. The van der Waals surface area contributed by atoms with Gasteiger partial charge in [-0.25, -0.2) is 0 Å². The van der Waals surface area contributed by atoms with Gasteiger partial charge in [-0.15, -0.1) is 11.6 Å². The molecule has 0 aliphatic heterocycles. The number of carbonyl (C=O) groups is 1. The van der Waals surface area contributed by atoms with E-state index in [1.54, 1.807) is 6.26 Å². The van der Waals surface area contributed by atoms with E-state index in [0.29, 0.717) is 30.9 Å². The number of hydrogen-bond acceptors (Lipinski definition) is 2. The number of Topliss-reactive ketones (excluding diaryl/α,β-unsaturated/α-hetero) is 1. The normalized spacial score (nSPS) is 10.4. The number of furan rings is 1. The molecule has 1 aromatic rings. The third kappa shape index (κ3) is 4.47. The first-order valence-corrected chi connectivity index (χ1v) is 5.46. The predicted octanol–water partition coefficient (Wildman–Crippen LogP) is 3.19. The maximum absolute atomic E-state index is 11.3. The number of aryl methyl sites for hydroxylation is 1. The Kier molecular flexibility index (Phi) is 5.38. The summed E-state index contributed by atoms with van der Waals surface area (Å²) < 4.78 is 5.14. The maximum Gasteiger partial charge on any atom is 0.133 e. The van der Waals surface area contributed by atoms with Crippen molar-refractivity contribution < 1.29 is 9.21 Å². The zero-order valence-corrected chi connectivity index (χ0v) is 8.93. The molecule has 0 aromatic carbocycles. The monoisotopic (exact) mass is 214 g/mol. The fourth-order valence-corrected chi connectivity index (χ4v) is 1.45. The second-order valence-electron chi connectivity index (χ2n) is 3.26. The average molecular weight is 215 g/mol. The van der Waals surface area contributed by atoms with Gasteiger partial charge in [0.15, 0.2) is 0 Å². The van der Waals surface area contributed by atoms with E-state index in [2.05, 4.69) is 0 Å². The van der Waals surface area contributed by atoms with Crippen LogP contribution in [-0.2, 0) is 11.2 Å². The molecule has 1 aromatic heterocycles. The van der Waals surface area contributed by atoms with Gasteiger partial charge < -0.3 is 4.42 Å². The Bertz CT molecular complexity index is 254. The van der Waals surface area contributed by atoms with Crippen molar-refractivity contribution in [2.45, 2.75) is 32.1 Å². The van der Waals surface area contributed by atoms with Crippen LogP contribution in [0, 0.1) is 0 Å². The minimum absolute atomic E-state index is 0.298. The lowest BCUT2D eigenvalue weighted by molar-refractivity contribution is -0.119. The molecule has 0 amide bonds. The third-order valence-electron chi connectivity index (χ3n) is 2.07. The maximum atomic E-state index is 11.3. The Morgan fingerprint density at radius 1 is 1.36 bits per heavy atom. The van der Waals surface area contributed by atoms with Gasteiger partial charge in [0.05, 0.1) is 6.26 Å². The van der Waals surface area contributed by atoms with E-state index in [-0.39, 0.29) is 0 Å². The summed E-state index contributed by atoms with van der Waals surface area (Å²) in [6.07, 6.45) is 5.40. The van der Waals surface area contributed by atoms with Crippen LogP contribution in [0.25, 0.3) is 0 Å². The highest BCUT2D eigenvalue weighted by Crippen LogP contribution is 2.07. The van der Waals surface area contributed by atoms with Crippen LogP contribution in [0.5, 0.6) is 0 Å². The number of alkyl halides is 1. The summed E-state index contributed by atoms with van der Waals surface area (Å²) in [6, 6.07) is 3.74. The van der Waals surface area contributed by atoms with Crippen molar-refractivity contribution >= 4 is 17.4 Å². The van der Waals surface area contributed by atoms with Crippen molar-refractivity contribution in [3.8, 4) is 0 Å². The zero-order chi connectivity index (χ0) is 10.2. The van der Waals surface area contributed by atoms with Crippen molar-refractivity contribution in [1.82, 2.24) is 0 Å². The molecule has 0 bridgehead atoms. The van der Waals surface area contributed by atoms with Crippen molar-refractivity contribution in [2.24, 2.45) is 0 Å². The molecule has 1 heterocycles. The van der Waals surface area contributed by atoms with Gasteiger partial charge in [0, 0.05) is 25.1 Å². The Balaban J connectivity index is 2.09. The number of carbonyl (C=O) groups excluding carboxylic acids is 1. The van der Waals surface area contributed by atoms with E-state index in [0.717, 1.165) is 18.6 Å². The molecule has 0 unspecified atom stereocenters. The van der Waals surface area contributed by atoms with Crippen LogP contribution < -0.4 is 0 Å². The molecular weight excluding hydrogens is 200 g/mol. The Morgan fingerprint density at radius 3 is 2.86 bits per heavy atom. The van der Waals surface area contributed by atoms with Gasteiger partial charge in [-0.1, -0.05) is 0 Å². The standard InChI is InChI=1S/C11H15ClO2/c12-8-2-1-4-10(13)6-7-11-5-3-9-14-11/h3,5,9H,1-2,4,6-8H2. The van der Waals surface area contributed by atoms with Gasteiger partial charge in [0.25, 0.3) is 0 Å². The molecule has 78 valence electrons. The van der Waals surface area contributed by atoms with E-state index in [4.69, 9.17) is 16.0 Å². The predicted molar refractivity (Wildman–Crippen MR) is 56.6 cm³/mol. The molecule has 0 N–H and O–H groups in total. The highest BCUT2D eigenvalue weighted by Gasteiger charge is 2.03. The van der Waals surface area contributed by atoms with Gasteiger partial charge in [-0.2, -0.15) is 0 Å². The largest absolute Gasteiger partial charge is 0.469 e. The minimum Gasteiger partial charge on any atom is -0.469 e. The lowest BCUT2D eigenvalue weighted by Crippen LogP contribution is -1.99. The van der Waals surface area contributed by atoms with Crippen LogP contribution in [0.2, 0.25) is 0 Å². The number of unbranched alkanes of at least 4 members (excludes halogenated alkanes) is 1. The second kappa shape index (κ2) is 6.66. The molecule has 2 nitrogen and oxygen atoms in total. The Hall–Kier alpha value is -0.760. The summed E-state index contributed by atoms with van der Waals surface area (Å²) in [7, 11) is 0. The van der Waals surface area contributed by atoms with Gasteiger partial charge in [-0.05, 0) is 25.0 Å². The molecular formula is C11H15ClO2. The SMILES string of the molecule is O=C(CCCCCl)CCc1ccco1. The molecule has 3 heteroatoms. The van der Waals surface area contributed by atoms with E-state index in [9.17, 15) is 4.79 Å². The van der Waals surface area contributed by atoms with Crippen molar-refractivity contribution in [3.63, 3.8) is 0 Å². The molecule has 1 rings (SSSR count). The summed E-state index contributed by atoms with van der Waals surface area (Å²) in [5.74, 6) is 1.83. The van der Waals surface area contributed by atoms with Crippen LogP contribution in [0.1, 0.15) is 31.4 Å². The number of ketones is 1. The van der Waals surface area contributed by atoms with Crippen LogP contribution >= 0.6 is 11.6 Å². The van der Waals surface area contributed by atoms with Crippen LogP contribution in [0.15, 0.2) is 22.8 Å². The lowest BCUT2D eigenvalue weighted by atomic mass is 10.1. The van der Waals surface area contributed by atoms with Gasteiger partial charge in [0.1, 0.15) is 11.5 Å². The summed E-state index contributed by atoms with van der Waals surface area (Å²) in [6.45, 7) is 0. The molecule has 0 saturated carbocycles. The highest BCUT2D eigenvalue weighted by atomic mass is 35.5. The quantitative estimate of drug-likeness (QED) is 0.516. The highest BCUT2D eigenvalue weighted by molar-refractivity contribution is 6.17. The van der Waals surface area contributed by atoms with E-state index < -0.39 is 0 Å². The molecule has 0 aliphatic carbocycles. The topological polar surface area (TPSA) is 30.2 Å². The van der Waals surface area contributed by atoms with Gasteiger partial charge in [0.2, 0.25) is 0 Å². The first-order chi connectivity index (χ1) is 6.83. The summed E-state index contributed by atoms with van der Waals surface area (Å²) >= 11 is 5.52. The van der Waals surface area contributed by atoms with Gasteiger partial charge in [-0.3, -0.25) is 4.79 Å². The number of rotatable bonds is 7. The van der Waals surface area contributed by atoms with E-state index >= 15 is 0 Å². The van der Waals surface area contributed by atoms with Crippen molar-refractivity contribution in [1.29, 1.82) is 0 Å². The second-order valence-corrected chi connectivity index (χ2v) is 3.64. The van der Waals surface area contributed by atoms with E-state index in [1.165, 1.54) is 0 Å². The first kappa shape index (κ1) is 11.3. The molecule has 0 radical (unpaired) electrons. The fraction of sp³-hybridized carbons (Fsp3) is 0.545. The average Bonchev–Trinajstić information content (AvgIpc) is 2.68. The molecule has 0 aliphatic rings. The smallest absolute Gasteiger partial charge is 0.133 e. The molecule has 0 atom stereocenters. The van der Waals surface area contributed by atoms with Crippen LogP contribution in [0.4, 0.5) is 0 Å². The number of halogens is 1. The summed E-state index contributed by atoms with van der Waals surface area (Å²) in [4.78, 5) is 11.3. The summed E-state index contributed by atoms with van der Waals surface area (Å²) in [5.41, 5.74) is 0. The van der Waals surface area contributed by atoms with Crippen molar-refractivity contribution in [3.05, 3.63) is 24.2 Å².